The van der Waals surface area contributed by atoms with E-state index < -0.39 is 4.92 Å². The second kappa shape index (κ2) is 7.87. The molecule has 0 amide bonds. The van der Waals surface area contributed by atoms with Gasteiger partial charge >= 0.3 is 0 Å². The number of aromatic nitrogens is 2. The monoisotopic (exact) mass is 391 g/mol. The molecule has 3 aromatic rings. The predicted octanol–water partition coefficient (Wildman–Crippen LogP) is 5.14. The molecule has 1 N–H and O–H groups in total. The summed E-state index contributed by atoms with van der Waals surface area (Å²) in [5.41, 5.74) is 8.45. The van der Waals surface area contributed by atoms with Crippen molar-refractivity contribution in [1.82, 2.24) is 9.55 Å². The van der Waals surface area contributed by atoms with E-state index in [4.69, 9.17) is 0 Å². The van der Waals surface area contributed by atoms with Crippen LogP contribution in [0.5, 0.6) is 0 Å². The van der Waals surface area contributed by atoms with Crippen molar-refractivity contribution in [3.05, 3.63) is 81.3 Å². The third-order valence-electron chi connectivity index (χ3n) is 4.80. The van der Waals surface area contributed by atoms with Gasteiger partial charge in [-0.3, -0.25) is 15.5 Å². The van der Waals surface area contributed by atoms with Gasteiger partial charge in [-0.15, -0.1) is 0 Å². The number of nitrogens with one attached hydrogen (secondary N) is 1. The van der Waals surface area contributed by atoms with E-state index in [1.165, 1.54) is 23.9 Å². The summed E-state index contributed by atoms with van der Waals surface area (Å²) in [5, 5.41) is 14.9. The Labute approximate surface area is 170 Å². The average Bonchev–Trinajstić information content (AvgIpc) is 2.95. The predicted molar refractivity (Wildman–Crippen MR) is 116 cm³/mol. The highest BCUT2D eigenvalue weighted by Crippen LogP contribution is 2.25. The van der Waals surface area contributed by atoms with Crippen molar-refractivity contribution in [3.63, 3.8) is 0 Å². The molecule has 0 aliphatic rings. The van der Waals surface area contributed by atoms with Crippen molar-refractivity contribution in [1.29, 1.82) is 0 Å². The number of pyridine rings is 1. The number of hydrogen-bond donors (Lipinski definition) is 1. The van der Waals surface area contributed by atoms with E-state index in [-0.39, 0.29) is 11.1 Å². The average molecular weight is 391 g/mol. The van der Waals surface area contributed by atoms with E-state index in [0.29, 0.717) is 5.82 Å². The summed E-state index contributed by atoms with van der Waals surface area (Å²) in [6.07, 6.45) is 2.93. The molecular formula is C22H25N5O2. The summed E-state index contributed by atoms with van der Waals surface area (Å²) in [4.78, 5) is 14.2. The number of anilines is 1. The molecule has 0 saturated heterocycles. The minimum Gasteiger partial charge on any atom is -0.318 e. The molecular weight excluding hydrogens is 366 g/mol. The normalized spacial score (nSPS) is 11.8. The van der Waals surface area contributed by atoms with Gasteiger partial charge in [0, 0.05) is 28.7 Å². The second-order valence-corrected chi connectivity index (χ2v) is 7.99. The molecule has 2 heterocycles. The highest BCUT2D eigenvalue weighted by atomic mass is 16.6. The first kappa shape index (κ1) is 20.3. The fourth-order valence-electron chi connectivity index (χ4n) is 3.15. The molecule has 7 nitrogen and oxygen atoms in total. The highest BCUT2D eigenvalue weighted by Gasteiger charge is 2.14. The Bertz CT molecular complexity index is 1040. The largest absolute Gasteiger partial charge is 0.318 e. The lowest BCUT2D eigenvalue weighted by atomic mass is 9.87. The maximum atomic E-state index is 10.7. The molecule has 7 heteroatoms. The summed E-state index contributed by atoms with van der Waals surface area (Å²) in [7, 11) is 0. The molecule has 0 aliphatic carbocycles. The van der Waals surface area contributed by atoms with Crippen molar-refractivity contribution >= 4 is 17.7 Å². The molecule has 0 spiro atoms. The zero-order chi connectivity index (χ0) is 21.2. The topological polar surface area (TPSA) is 85.3 Å². The fourth-order valence-corrected chi connectivity index (χ4v) is 3.15. The van der Waals surface area contributed by atoms with Crippen LogP contribution in [0.3, 0.4) is 0 Å². The van der Waals surface area contributed by atoms with Gasteiger partial charge in [0.1, 0.15) is 12.0 Å². The van der Waals surface area contributed by atoms with E-state index in [1.807, 2.05) is 0 Å². The van der Waals surface area contributed by atoms with Crippen LogP contribution >= 0.6 is 0 Å². The zero-order valence-electron chi connectivity index (χ0n) is 17.3. The quantitative estimate of drug-likeness (QED) is 0.371. The van der Waals surface area contributed by atoms with Gasteiger partial charge in [0.05, 0.1) is 11.1 Å². The standard InChI is InChI=1S/C22H25N5O2/c1-15-12-17(13-24-25-21-11-10-20(14-23-21)27(28)29)16(2)26(15)19-8-6-18(7-9-19)22(3,4)5/h6-14H,1-5H3,(H,23,25)/b24-13+. The summed E-state index contributed by atoms with van der Waals surface area (Å²) in [6.45, 7) is 10.7. The minimum atomic E-state index is -0.483. The van der Waals surface area contributed by atoms with Gasteiger partial charge in [-0.2, -0.15) is 5.10 Å². The van der Waals surface area contributed by atoms with Crippen LogP contribution in [0.2, 0.25) is 0 Å². The molecule has 0 saturated carbocycles. The maximum Gasteiger partial charge on any atom is 0.287 e. The number of hydrazone groups is 1. The van der Waals surface area contributed by atoms with E-state index >= 15 is 0 Å². The third kappa shape index (κ3) is 4.51. The first-order valence-corrected chi connectivity index (χ1v) is 9.36. The van der Waals surface area contributed by atoms with Crippen LogP contribution < -0.4 is 5.43 Å². The lowest BCUT2D eigenvalue weighted by Crippen LogP contribution is -2.11. The Kier molecular flexibility index (Phi) is 5.50. The summed E-state index contributed by atoms with van der Waals surface area (Å²) < 4.78 is 2.19. The molecule has 0 atom stereocenters. The van der Waals surface area contributed by atoms with E-state index in [2.05, 4.69) is 85.0 Å². The van der Waals surface area contributed by atoms with Crippen LogP contribution in [0.25, 0.3) is 5.69 Å². The van der Waals surface area contributed by atoms with Crippen LogP contribution in [0.1, 0.15) is 43.3 Å². The Balaban J connectivity index is 1.78. The summed E-state index contributed by atoms with van der Waals surface area (Å²) in [5.74, 6) is 0.443. The first-order chi connectivity index (χ1) is 13.7. The van der Waals surface area contributed by atoms with Crippen LogP contribution in [0, 0.1) is 24.0 Å². The highest BCUT2D eigenvalue weighted by molar-refractivity contribution is 5.82. The van der Waals surface area contributed by atoms with Crippen LogP contribution in [0.4, 0.5) is 11.5 Å². The molecule has 0 unspecified atom stereocenters. The van der Waals surface area contributed by atoms with Crippen molar-refractivity contribution in [3.8, 4) is 5.69 Å². The third-order valence-corrected chi connectivity index (χ3v) is 4.80. The Hall–Kier alpha value is -3.48. The lowest BCUT2D eigenvalue weighted by molar-refractivity contribution is -0.385. The van der Waals surface area contributed by atoms with E-state index in [9.17, 15) is 10.1 Å². The van der Waals surface area contributed by atoms with Crippen LogP contribution in [-0.2, 0) is 5.41 Å². The van der Waals surface area contributed by atoms with Gasteiger partial charge < -0.3 is 4.57 Å². The van der Waals surface area contributed by atoms with Crippen LogP contribution in [-0.4, -0.2) is 20.7 Å². The number of nitrogens with zero attached hydrogens (tertiary/aromatic N) is 4. The number of benzene rings is 1. The van der Waals surface area contributed by atoms with Gasteiger partial charge in [0.15, 0.2) is 0 Å². The number of aryl methyl sites for hydroxylation is 1. The minimum absolute atomic E-state index is 0.0550. The van der Waals surface area contributed by atoms with E-state index in [1.54, 1.807) is 6.21 Å². The molecule has 0 aliphatic heterocycles. The molecule has 0 bridgehead atoms. The Morgan fingerprint density at radius 2 is 1.83 bits per heavy atom. The molecule has 150 valence electrons. The molecule has 2 aromatic heterocycles. The van der Waals surface area contributed by atoms with Crippen molar-refractivity contribution in [2.75, 3.05) is 5.43 Å². The fraction of sp³-hybridized carbons (Fsp3) is 0.273. The Morgan fingerprint density at radius 1 is 1.14 bits per heavy atom. The van der Waals surface area contributed by atoms with E-state index in [0.717, 1.165) is 22.6 Å². The number of rotatable bonds is 5. The molecule has 3 rings (SSSR count). The van der Waals surface area contributed by atoms with Crippen LogP contribution in [0.15, 0.2) is 53.8 Å². The van der Waals surface area contributed by atoms with Crippen molar-refractivity contribution in [2.24, 2.45) is 5.10 Å². The molecule has 1 aromatic carbocycles. The SMILES string of the molecule is Cc1cc(/C=N/Nc2ccc([N+](=O)[O-])cn2)c(C)n1-c1ccc(C(C)(C)C)cc1. The first-order valence-electron chi connectivity index (χ1n) is 9.36. The molecule has 0 radical (unpaired) electrons. The van der Waals surface area contributed by atoms with Crippen molar-refractivity contribution in [2.45, 2.75) is 40.0 Å². The van der Waals surface area contributed by atoms with Gasteiger partial charge in [-0.25, -0.2) is 4.98 Å². The maximum absolute atomic E-state index is 10.7. The number of nitro groups is 1. The Morgan fingerprint density at radius 3 is 2.38 bits per heavy atom. The van der Waals surface area contributed by atoms with Gasteiger partial charge in [0.2, 0.25) is 0 Å². The summed E-state index contributed by atoms with van der Waals surface area (Å²) >= 11 is 0. The smallest absolute Gasteiger partial charge is 0.287 e. The lowest BCUT2D eigenvalue weighted by Gasteiger charge is -2.20. The van der Waals surface area contributed by atoms with Gasteiger partial charge in [0.25, 0.3) is 5.69 Å². The number of hydrogen-bond acceptors (Lipinski definition) is 5. The zero-order valence-corrected chi connectivity index (χ0v) is 17.3. The summed E-state index contributed by atoms with van der Waals surface area (Å²) in [6, 6.07) is 13.6. The molecule has 0 fully saturated rings. The molecule has 29 heavy (non-hydrogen) atoms. The second-order valence-electron chi connectivity index (χ2n) is 7.99. The van der Waals surface area contributed by atoms with Gasteiger partial charge in [-0.05, 0) is 49.1 Å². The van der Waals surface area contributed by atoms with Gasteiger partial charge in [-0.1, -0.05) is 32.9 Å². The van der Waals surface area contributed by atoms with Crippen molar-refractivity contribution < 1.29 is 4.92 Å².